The number of rotatable bonds is 12. The highest BCUT2D eigenvalue weighted by Gasteiger charge is 2.17. The first kappa shape index (κ1) is 23.1. The van der Waals surface area contributed by atoms with E-state index in [-0.39, 0.29) is 12.3 Å². The van der Waals surface area contributed by atoms with E-state index in [2.05, 4.69) is 5.32 Å². The van der Waals surface area contributed by atoms with Crippen LogP contribution in [0.5, 0.6) is 17.2 Å². The molecule has 0 aromatic heterocycles. The van der Waals surface area contributed by atoms with Crippen molar-refractivity contribution in [2.24, 2.45) is 0 Å². The van der Waals surface area contributed by atoms with Gasteiger partial charge in [0.2, 0.25) is 0 Å². The van der Waals surface area contributed by atoms with Crippen molar-refractivity contribution in [1.82, 2.24) is 5.32 Å². The predicted molar refractivity (Wildman–Crippen MR) is 113 cm³/mol. The highest BCUT2D eigenvalue weighted by atomic mass is 16.5. The lowest BCUT2D eigenvalue weighted by atomic mass is 10.2. The Kier molecular flexibility index (Phi) is 9.51. The summed E-state index contributed by atoms with van der Waals surface area (Å²) in [6.45, 7) is 4.81. The molecule has 0 radical (unpaired) electrons. The molecule has 0 aliphatic carbocycles. The number of nitrogens with one attached hydrogen (secondary N) is 1. The monoisotopic (exact) mass is 415 g/mol. The summed E-state index contributed by atoms with van der Waals surface area (Å²) < 4.78 is 21.3. The molecule has 1 amide bonds. The summed E-state index contributed by atoms with van der Waals surface area (Å²) in [5.74, 6) is 1.46. The number of benzene rings is 2. The third-order valence-electron chi connectivity index (χ3n) is 4.23. The van der Waals surface area contributed by atoms with E-state index in [1.54, 1.807) is 14.0 Å². The number of hydrogen-bond donors (Lipinski definition) is 1. The van der Waals surface area contributed by atoms with Crippen LogP contribution in [0.1, 0.15) is 32.3 Å². The Morgan fingerprint density at radius 2 is 1.53 bits per heavy atom. The second kappa shape index (κ2) is 12.4. The highest BCUT2D eigenvalue weighted by molar-refractivity contribution is 5.83. The van der Waals surface area contributed by atoms with Crippen molar-refractivity contribution < 1.29 is 28.5 Å². The van der Waals surface area contributed by atoms with E-state index in [1.165, 1.54) is 0 Å². The van der Waals surface area contributed by atoms with Gasteiger partial charge < -0.3 is 24.3 Å². The molecule has 0 aliphatic rings. The van der Waals surface area contributed by atoms with Crippen molar-refractivity contribution in [2.75, 3.05) is 20.3 Å². The molecule has 1 N–H and O–H groups in total. The lowest BCUT2D eigenvalue weighted by Crippen LogP contribution is -2.35. The Morgan fingerprint density at radius 1 is 0.933 bits per heavy atom. The molecule has 1 atom stereocenters. The molecular formula is C23H29NO6. The fourth-order valence-corrected chi connectivity index (χ4v) is 2.59. The number of ether oxygens (including phenoxy) is 4. The van der Waals surface area contributed by atoms with E-state index in [1.807, 2.05) is 55.5 Å². The van der Waals surface area contributed by atoms with Crippen molar-refractivity contribution in [3.8, 4) is 17.2 Å². The maximum atomic E-state index is 12.1. The van der Waals surface area contributed by atoms with Crippen molar-refractivity contribution in [1.29, 1.82) is 0 Å². The fourth-order valence-electron chi connectivity index (χ4n) is 2.59. The largest absolute Gasteiger partial charge is 0.497 e. The van der Waals surface area contributed by atoms with Gasteiger partial charge in [-0.3, -0.25) is 9.59 Å². The number of hydrogen-bond acceptors (Lipinski definition) is 6. The summed E-state index contributed by atoms with van der Waals surface area (Å²) in [7, 11) is 1.60. The Bertz CT molecular complexity index is 788. The Hall–Kier alpha value is -3.22. The van der Waals surface area contributed by atoms with Gasteiger partial charge in [-0.25, -0.2) is 0 Å². The second-order valence-electron chi connectivity index (χ2n) is 6.55. The SMILES string of the molecule is CCOc1ccc(OCCCC(=O)O[C@H](C)C(=O)NCc2ccc(OC)cc2)cc1. The quantitative estimate of drug-likeness (QED) is 0.422. The van der Waals surface area contributed by atoms with Gasteiger partial charge in [-0.15, -0.1) is 0 Å². The summed E-state index contributed by atoms with van der Waals surface area (Å²) in [5.41, 5.74) is 0.925. The lowest BCUT2D eigenvalue weighted by Gasteiger charge is -2.14. The molecule has 30 heavy (non-hydrogen) atoms. The zero-order valence-electron chi connectivity index (χ0n) is 17.7. The first-order valence-corrected chi connectivity index (χ1v) is 9.97. The minimum atomic E-state index is -0.859. The van der Waals surface area contributed by atoms with Crippen LogP contribution in [-0.4, -0.2) is 38.3 Å². The molecular weight excluding hydrogens is 386 g/mol. The highest BCUT2D eigenvalue weighted by Crippen LogP contribution is 2.17. The molecule has 0 spiro atoms. The summed E-state index contributed by atoms with van der Waals surface area (Å²) in [4.78, 5) is 24.1. The topological polar surface area (TPSA) is 83.1 Å². The van der Waals surface area contributed by atoms with Gasteiger partial charge in [0.15, 0.2) is 6.10 Å². The smallest absolute Gasteiger partial charge is 0.306 e. The zero-order chi connectivity index (χ0) is 21.8. The molecule has 7 nitrogen and oxygen atoms in total. The minimum absolute atomic E-state index is 0.174. The van der Waals surface area contributed by atoms with Crippen LogP contribution < -0.4 is 19.5 Å². The molecule has 0 heterocycles. The number of carbonyl (C=O) groups is 2. The maximum absolute atomic E-state index is 12.1. The molecule has 0 fully saturated rings. The van der Waals surface area contributed by atoms with Crippen molar-refractivity contribution in [3.05, 3.63) is 54.1 Å². The van der Waals surface area contributed by atoms with Gasteiger partial charge in [0, 0.05) is 13.0 Å². The zero-order valence-corrected chi connectivity index (χ0v) is 17.7. The number of esters is 1. The van der Waals surface area contributed by atoms with Crippen molar-refractivity contribution in [3.63, 3.8) is 0 Å². The fraction of sp³-hybridized carbons (Fsp3) is 0.391. The van der Waals surface area contributed by atoms with E-state index in [4.69, 9.17) is 18.9 Å². The first-order chi connectivity index (χ1) is 14.5. The third kappa shape index (κ3) is 8.03. The standard InChI is InChI=1S/C23H29NO6/c1-4-28-20-11-13-21(14-12-20)29-15-5-6-22(25)30-17(2)23(26)24-16-18-7-9-19(27-3)10-8-18/h7-14,17H,4-6,15-16H2,1-3H3,(H,24,26)/t17-/m1/s1. The van der Waals surface area contributed by atoms with Gasteiger partial charge in [0.1, 0.15) is 17.2 Å². The molecule has 2 aromatic rings. The van der Waals surface area contributed by atoms with Gasteiger partial charge in [-0.05, 0) is 62.2 Å². The number of carbonyl (C=O) groups excluding carboxylic acids is 2. The average Bonchev–Trinajstić information content (AvgIpc) is 2.76. The van der Waals surface area contributed by atoms with Gasteiger partial charge in [0.05, 0.1) is 20.3 Å². The Labute approximate surface area is 177 Å². The van der Waals surface area contributed by atoms with E-state index in [0.29, 0.717) is 31.9 Å². The summed E-state index contributed by atoms with van der Waals surface area (Å²) in [6.07, 6.45) is -0.193. The van der Waals surface area contributed by atoms with Crippen LogP contribution in [0.4, 0.5) is 0 Å². The van der Waals surface area contributed by atoms with Crippen molar-refractivity contribution >= 4 is 11.9 Å². The molecule has 162 valence electrons. The average molecular weight is 415 g/mol. The van der Waals surface area contributed by atoms with Crippen LogP contribution >= 0.6 is 0 Å². The summed E-state index contributed by atoms with van der Waals surface area (Å²) >= 11 is 0. The van der Waals surface area contributed by atoms with Crippen LogP contribution in [0.3, 0.4) is 0 Å². The summed E-state index contributed by atoms with van der Waals surface area (Å²) in [5, 5.41) is 2.75. The number of amides is 1. The number of methoxy groups -OCH3 is 1. The Balaban J connectivity index is 1.62. The normalized spacial score (nSPS) is 11.3. The van der Waals surface area contributed by atoms with Crippen LogP contribution in [0.2, 0.25) is 0 Å². The third-order valence-corrected chi connectivity index (χ3v) is 4.23. The summed E-state index contributed by atoms with van der Waals surface area (Å²) in [6, 6.07) is 14.7. The molecule has 7 heteroatoms. The molecule has 2 rings (SSSR count). The van der Waals surface area contributed by atoms with Gasteiger partial charge in [-0.2, -0.15) is 0 Å². The van der Waals surface area contributed by atoms with E-state index in [9.17, 15) is 9.59 Å². The minimum Gasteiger partial charge on any atom is -0.497 e. The molecule has 0 saturated heterocycles. The van der Waals surface area contributed by atoms with E-state index < -0.39 is 12.1 Å². The van der Waals surface area contributed by atoms with Crippen LogP contribution in [0.25, 0.3) is 0 Å². The van der Waals surface area contributed by atoms with Crippen LogP contribution in [-0.2, 0) is 20.9 Å². The van der Waals surface area contributed by atoms with Crippen LogP contribution in [0.15, 0.2) is 48.5 Å². The van der Waals surface area contributed by atoms with E-state index in [0.717, 1.165) is 17.1 Å². The van der Waals surface area contributed by atoms with Gasteiger partial charge in [0.25, 0.3) is 5.91 Å². The predicted octanol–water partition coefficient (Wildman–Crippen LogP) is 3.50. The lowest BCUT2D eigenvalue weighted by molar-refractivity contribution is -0.155. The molecule has 0 saturated carbocycles. The van der Waals surface area contributed by atoms with Crippen LogP contribution in [0, 0.1) is 0 Å². The van der Waals surface area contributed by atoms with Gasteiger partial charge in [-0.1, -0.05) is 12.1 Å². The maximum Gasteiger partial charge on any atom is 0.306 e. The molecule has 2 aromatic carbocycles. The molecule has 0 aliphatic heterocycles. The first-order valence-electron chi connectivity index (χ1n) is 9.97. The van der Waals surface area contributed by atoms with Crippen molar-refractivity contribution in [2.45, 2.75) is 39.3 Å². The second-order valence-corrected chi connectivity index (χ2v) is 6.55. The van der Waals surface area contributed by atoms with Gasteiger partial charge >= 0.3 is 5.97 Å². The molecule has 0 bridgehead atoms. The van der Waals surface area contributed by atoms with E-state index >= 15 is 0 Å². The molecule has 0 unspecified atom stereocenters. The Morgan fingerprint density at radius 3 is 2.13 bits per heavy atom.